The van der Waals surface area contributed by atoms with E-state index in [4.69, 9.17) is 4.74 Å². The average molecular weight is 482 g/mol. The number of carbonyl (C=O) groups excluding carboxylic acids is 3. The number of hydrogen-bond acceptors (Lipinski definition) is 7. The lowest BCUT2D eigenvalue weighted by molar-refractivity contribution is -0.141. The fourth-order valence-corrected chi connectivity index (χ4v) is 5.77. The molecule has 0 saturated carbocycles. The van der Waals surface area contributed by atoms with E-state index >= 15 is 0 Å². The molecule has 0 N–H and O–H groups in total. The van der Waals surface area contributed by atoms with Crippen molar-refractivity contribution in [3.05, 3.63) is 28.6 Å². The van der Waals surface area contributed by atoms with Gasteiger partial charge in [-0.2, -0.15) is 4.99 Å². The number of carbonyl (C=O) groups is 3. The van der Waals surface area contributed by atoms with E-state index in [0.717, 1.165) is 23.1 Å². The van der Waals surface area contributed by atoms with Crippen molar-refractivity contribution < 1.29 is 27.5 Å². The lowest BCUT2D eigenvalue weighted by Gasteiger charge is -2.30. The zero-order valence-electron chi connectivity index (χ0n) is 18.4. The second kappa shape index (κ2) is 9.95. The summed E-state index contributed by atoms with van der Waals surface area (Å²) >= 11 is 1.18. The summed E-state index contributed by atoms with van der Waals surface area (Å²) in [7, 11) is -2.71. The first-order valence-electron chi connectivity index (χ1n) is 10.3. The Morgan fingerprint density at radius 3 is 2.53 bits per heavy atom. The second-order valence-corrected chi connectivity index (χ2v) is 11.2. The van der Waals surface area contributed by atoms with Gasteiger partial charge in [0.1, 0.15) is 18.1 Å². The number of ether oxygens (including phenoxy) is 1. The van der Waals surface area contributed by atoms with Crippen LogP contribution in [0.1, 0.15) is 25.3 Å². The van der Waals surface area contributed by atoms with Crippen molar-refractivity contribution in [1.82, 2.24) is 9.47 Å². The molecule has 1 aromatic heterocycles. The third kappa shape index (κ3) is 6.04. The first kappa shape index (κ1) is 24.1. The normalized spacial score (nSPS) is 15.8. The van der Waals surface area contributed by atoms with E-state index in [1.54, 1.807) is 0 Å². The summed E-state index contributed by atoms with van der Waals surface area (Å²) in [5, 5.41) is 0. The summed E-state index contributed by atoms with van der Waals surface area (Å²) in [6.07, 6.45) is 1.68. The summed E-state index contributed by atoms with van der Waals surface area (Å²) in [6, 6.07) is 5.57. The molecule has 1 fully saturated rings. The van der Waals surface area contributed by atoms with Gasteiger partial charge in [0.25, 0.3) is 5.91 Å². The summed E-state index contributed by atoms with van der Waals surface area (Å²) in [6.45, 7) is 4.91. The lowest BCUT2D eigenvalue weighted by Crippen LogP contribution is -2.41. The van der Waals surface area contributed by atoms with Crippen LogP contribution >= 0.6 is 11.3 Å². The Kier molecular flexibility index (Phi) is 7.50. The Labute approximate surface area is 190 Å². The van der Waals surface area contributed by atoms with E-state index in [2.05, 4.69) is 11.9 Å². The van der Waals surface area contributed by atoms with Crippen molar-refractivity contribution in [3.63, 3.8) is 0 Å². The Hall–Kier alpha value is -2.53. The van der Waals surface area contributed by atoms with Gasteiger partial charge < -0.3 is 14.2 Å². The highest BCUT2D eigenvalue weighted by atomic mass is 32.2. The van der Waals surface area contributed by atoms with Crippen molar-refractivity contribution >= 4 is 49.2 Å². The van der Waals surface area contributed by atoms with Crippen LogP contribution in [0.15, 0.2) is 23.2 Å². The molecule has 3 rings (SSSR count). The number of thiazole rings is 1. The van der Waals surface area contributed by atoms with Crippen molar-refractivity contribution in [2.45, 2.75) is 33.2 Å². The smallest absolute Gasteiger partial charge is 0.325 e. The number of esters is 1. The lowest BCUT2D eigenvalue weighted by atomic mass is 9.99. The second-order valence-electron chi connectivity index (χ2n) is 8.12. The Morgan fingerprint density at radius 1 is 1.19 bits per heavy atom. The largest absolute Gasteiger partial charge is 0.468 e. The maximum absolute atomic E-state index is 12.5. The molecule has 174 valence electrons. The third-order valence-corrected chi connectivity index (χ3v) is 7.81. The van der Waals surface area contributed by atoms with Crippen molar-refractivity contribution in [3.8, 4) is 0 Å². The number of rotatable bonds is 6. The van der Waals surface area contributed by atoms with Crippen LogP contribution in [0.3, 0.4) is 0 Å². The van der Waals surface area contributed by atoms with Crippen LogP contribution in [0.4, 0.5) is 0 Å². The Morgan fingerprint density at radius 2 is 1.88 bits per heavy atom. The molecule has 1 aliphatic heterocycles. The molecule has 9 nitrogen and oxygen atoms in total. The molecule has 11 heteroatoms. The number of benzene rings is 1. The highest BCUT2D eigenvalue weighted by Crippen LogP contribution is 2.19. The number of likely N-dealkylation sites (tertiary alicyclic amines) is 1. The molecule has 1 aliphatic rings. The third-order valence-electron chi connectivity index (χ3n) is 5.40. The van der Waals surface area contributed by atoms with Crippen LogP contribution in [0, 0.1) is 12.8 Å². The average Bonchev–Trinajstić information content (AvgIpc) is 3.03. The van der Waals surface area contributed by atoms with Gasteiger partial charge in [-0.3, -0.25) is 14.4 Å². The van der Waals surface area contributed by atoms with Gasteiger partial charge >= 0.3 is 5.97 Å². The van der Waals surface area contributed by atoms with E-state index in [9.17, 15) is 22.8 Å². The molecular weight excluding hydrogens is 454 g/mol. The summed E-state index contributed by atoms with van der Waals surface area (Å²) in [5.41, 5.74) is 1.69. The van der Waals surface area contributed by atoms with Crippen molar-refractivity contribution in [2.75, 3.05) is 31.7 Å². The number of fused-ring (bicyclic) bond motifs is 1. The summed E-state index contributed by atoms with van der Waals surface area (Å²) in [4.78, 5) is 42.4. The van der Waals surface area contributed by atoms with E-state index in [1.807, 2.05) is 25.1 Å². The molecule has 32 heavy (non-hydrogen) atoms. The maximum Gasteiger partial charge on any atom is 0.325 e. The predicted molar refractivity (Wildman–Crippen MR) is 121 cm³/mol. The van der Waals surface area contributed by atoms with Crippen LogP contribution in [0.25, 0.3) is 10.2 Å². The van der Waals surface area contributed by atoms with E-state index in [0.29, 0.717) is 24.5 Å². The standard InChI is InChI=1S/C21H27N3O6S2/c1-14-6-8-23(9-7-14)19(26)13-32(28,29)12-18(25)22-21-24(11-20(27)30-3)16-5-4-15(2)10-17(16)31-21/h4-5,10,14H,6-9,11-13H2,1-3H3. The van der Waals surface area contributed by atoms with Gasteiger partial charge in [-0.15, -0.1) is 0 Å². The summed E-state index contributed by atoms with van der Waals surface area (Å²) in [5.74, 6) is -2.95. The number of aromatic nitrogens is 1. The van der Waals surface area contributed by atoms with Crippen LogP contribution in [0.2, 0.25) is 0 Å². The minimum absolute atomic E-state index is 0.162. The van der Waals surface area contributed by atoms with Crippen molar-refractivity contribution in [1.29, 1.82) is 0 Å². The molecule has 2 aromatic rings. The minimum atomic E-state index is -3.97. The molecule has 0 radical (unpaired) electrons. The minimum Gasteiger partial charge on any atom is -0.468 e. The SMILES string of the molecule is COC(=O)Cn1c(=NC(=O)CS(=O)(=O)CC(=O)N2CCC(C)CC2)sc2cc(C)ccc21. The number of sulfone groups is 1. The number of aryl methyl sites for hydroxylation is 1. The highest BCUT2D eigenvalue weighted by Gasteiger charge is 2.26. The Balaban J connectivity index is 1.80. The monoisotopic (exact) mass is 481 g/mol. The van der Waals surface area contributed by atoms with Gasteiger partial charge in [0.15, 0.2) is 14.6 Å². The first-order valence-corrected chi connectivity index (χ1v) is 12.9. The first-order chi connectivity index (χ1) is 15.1. The topological polar surface area (TPSA) is 115 Å². The number of methoxy groups -OCH3 is 1. The van der Waals surface area contributed by atoms with Gasteiger partial charge in [-0.25, -0.2) is 8.42 Å². The van der Waals surface area contributed by atoms with E-state index in [1.165, 1.54) is 27.9 Å². The number of amides is 2. The zero-order valence-corrected chi connectivity index (χ0v) is 20.0. The van der Waals surface area contributed by atoms with E-state index < -0.39 is 39.1 Å². The molecule has 2 heterocycles. The molecule has 1 aromatic carbocycles. The van der Waals surface area contributed by atoms with Crippen LogP contribution in [-0.2, 0) is 35.5 Å². The van der Waals surface area contributed by atoms with E-state index in [-0.39, 0.29) is 11.3 Å². The highest BCUT2D eigenvalue weighted by molar-refractivity contribution is 7.92. The summed E-state index contributed by atoms with van der Waals surface area (Å²) < 4.78 is 32.0. The molecule has 0 atom stereocenters. The van der Waals surface area contributed by atoms with Gasteiger partial charge in [0, 0.05) is 13.1 Å². The number of nitrogens with zero attached hydrogens (tertiary/aromatic N) is 3. The molecule has 0 aliphatic carbocycles. The predicted octanol–water partition coefficient (Wildman–Crippen LogP) is 1.28. The van der Waals surface area contributed by atoms with Crippen LogP contribution in [0.5, 0.6) is 0 Å². The molecular formula is C21H27N3O6S2. The fraction of sp³-hybridized carbons (Fsp3) is 0.524. The molecule has 0 unspecified atom stereocenters. The van der Waals surface area contributed by atoms with Crippen LogP contribution < -0.4 is 4.80 Å². The number of hydrogen-bond donors (Lipinski definition) is 0. The van der Waals surface area contributed by atoms with Gasteiger partial charge in [0.05, 0.1) is 17.3 Å². The van der Waals surface area contributed by atoms with Gasteiger partial charge in [0.2, 0.25) is 5.91 Å². The fourth-order valence-electron chi connectivity index (χ4n) is 3.53. The molecule has 0 spiro atoms. The number of piperidine rings is 1. The molecule has 1 saturated heterocycles. The van der Waals surface area contributed by atoms with Crippen LogP contribution in [-0.4, -0.2) is 67.4 Å². The van der Waals surface area contributed by atoms with Crippen molar-refractivity contribution in [2.24, 2.45) is 10.9 Å². The molecule has 0 bridgehead atoms. The quantitative estimate of drug-likeness (QED) is 0.574. The van der Waals surface area contributed by atoms with Gasteiger partial charge in [-0.05, 0) is 43.4 Å². The molecule has 2 amide bonds. The maximum atomic E-state index is 12.5. The Bertz CT molecular complexity index is 1200. The van der Waals surface area contributed by atoms with Gasteiger partial charge in [-0.1, -0.05) is 24.3 Å². The zero-order chi connectivity index (χ0) is 23.5.